The van der Waals surface area contributed by atoms with Crippen molar-refractivity contribution in [3.63, 3.8) is 0 Å². The van der Waals surface area contributed by atoms with Gasteiger partial charge < -0.3 is 34.3 Å². The number of nitrogens with zero attached hydrogens (tertiary/aromatic N) is 6. The summed E-state index contributed by atoms with van der Waals surface area (Å²) in [7, 11) is 0. The van der Waals surface area contributed by atoms with Crippen LogP contribution >= 0.6 is 23.2 Å². The number of hydrogen-bond acceptors (Lipinski definition) is 15. The van der Waals surface area contributed by atoms with E-state index in [1.54, 1.807) is 13.8 Å². The van der Waals surface area contributed by atoms with E-state index in [4.69, 9.17) is 46.9 Å². The van der Waals surface area contributed by atoms with Crippen LogP contribution in [0.15, 0.2) is 0 Å². The lowest BCUT2D eigenvalue weighted by Crippen LogP contribution is -2.43. The molecule has 17 heteroatoms. The van der Waals surface area contributed by atoms with Crippen molar-refractivity contribution >= 4 is 47.0 Å². The molecule has 2 aromatic rings. The fraction of sp³-hybridized carbons (Fsp3) is 0.692. The fourth-order valence-electron chi connectivity index (χ4n) is 3.60. The summed E-state index contributed by atoms with van der Waals surface area (Å²) in [5.41, 5.74) is -1.08. The third-order valence-corrected chi connectivity index (χ3v) is 6.33. The van der Waals surface area contributed by atoms with E-state index in [2.05, 4.69) is 40.5 Å². The number of carbonyl (C=O) groups is 2. The first kappa shape index (κ1) is 35.9. The van der Waals surface area contributed by atoms with Gasteiger partial charge >= 0.3 is 24.0 Å². The van der Waals surface area contributed by atoms with E-state index < -0.39 is 23.1 Å². The van der Waals surface area contributed by atoms with Gasteiger partial charge in [-0.15, -0.1) is 0 Å². The van der Waals surface area contributed by atoms with E-state index in [0.29, 0.717) is 13.0 Å². The molecule has 0 aliphatic carbocycles. The van der Waals surface area contributed by atoms with Gasteiger partial charge in [-0.2, -0.15) is 29.9 Å². The van der Waals surface area contributed by atoms with E-state index in [9.17, 15) is 9.59 Å². The molecule has 2 rings (SSSR count). The van der Waals surface area contributed by atoms with Crippen molar-refractivity contribution in [2.24, 2.45) is 5.92 Å². The normalized spacial score (nSPS) is 13.1. The van der Waals surface area contributed by atoms with Crippen molar-refractivity contribution in [3.8, 4) is 12.0 Å². The Morgan fingerprint density at radius 3 is 1.79 bits per heavy atom. The molecule has 2 heterocycles. The molecular formula is C26H40Cl2N8O7. The quantitative estimate of drug-likeness (QED) is 0.223. The molecule has 0 radical (unpaired) electrons. The molecule has 0 bridgehead atoms. The van der Waals surface area contributed by atoms with E-state index >= 15 is 0 Å². The molecule has 0 amide bonds. The summed E-state index contributed by atoms with van der Waals surface area (Å²) in [6, 6.07) is -0.331. The van der Waals surface area contributed by atoms with Crippen molar-refractivity contribution < 1.29 is 33.3 Å². The molecule has 2 atom stereocenters. The molecule has 2 N–H and O–H groups in total. The topological polar surface area (TPSA) is 182 Å². The number of nitrogens with one attached hydrogen (secondary N) is 2. The molecule has 240 valence electrons. The first-order valence-electron chi connectivity index (χ1n) is 13.7. The molecule has 0 aromatic carbocycles. The second kappa shape index (κ2) is 16.5. The number of ether oxygens (including phenoxy) is 5. The average Bonchev–Trinajstić information content (AvgIpc) is 2.88. The second-order valence-corrected chi connectivity index (χ2v) is 11.4. The van der Waals surface area contributed by atoms with Gasteiger partial charge in [0.1, 0.15) is 0 Å². The van der Waals surface area contributed by atoms with Crippen LogP contribution in [0.2, 0.25) is 10.6 Å². The summed E-state index contributed by atoms with van der Waals surface area (Å²) in [6.45, 7) is 15.4. The lowest BCUT2D eigenvalue weighted by molar-refractivity contribution is -0.146. The highest BCUT2D eigenvalue weighted by atomic mass is 35.5. The first-order valence-corrected chi connectivity index (χ1v) is 14.5. The maximum absolute atomic E-state index is 11.6. The summed E-state index contributed by atoms with van der Waals surface area (Å²) in [5.74, 6) is -0.725. The zero-order chi connectivity index (χ0) is 32.2. The number of halogens is 2. The lowest BCUT2D eigenvalue weighted by Gasteiger charge is -2.36. The summed E-state index contributed by atoms with van der Waals surface area (Å²) in [4.78, 5) is 47.5. The molecule has 0 spiro atoms. The highest BCUT2D eigenvalue weighted by Gasteiger charge is 2.31. The van der Waals surface area contributed by atoms with Gasteiger partial charge in [-0.3, -0.25) is 0 Å². The Morgan fingerprint density at radius 1 is 0.791 bits per heavy atom. The smallest absolute Gasteiger partial charge is 0.344 e. The molecule has 2 aromatic heterocycles. The number of carbonyl (C=O) groups excluding carboxylic acids is 2. The Morgan fingerprint density at radius 2 is 1.28 bits per heavy atom. The van der Waals surface area contributed by atoms with Gasteiger partial charge in [-0.05, 0) is 78.1 Å². The van der Waals surface area contributed by atoms with E-state index in [0.717, 1.165) is 0 Å². The fourth-order valence-corrected chi connectivity index (χ4v) is 3.91. The number of rotatable bonds is 18. The zero-order valence-electron chi connectivity index (χ0n) is 25.7. The van der Waals surface area contributed by atoms with Crippen molar-refractivity contribution in [2.45, 2.75) is 79.0 Å². The van der Waals surface area contributed by atoms with Crippen LogP contribution in [-0.4, -0.2) is 92.1 Å². The minimum atomic E-state index is -0.548. The Balaban J connectivity index is 1.93. The monoisotopic (exact) mass is 646 g/mol. The largest absolute Gasteiger partial charge is 0.463 e. The van der Waals surface area contributed by atoms with Crippen LogP contribution in [0, 0.1) is 5.92 Å². The minimum Gasteiger partial charge on any atom is -0.463 e. The van der Waals surface area contributed by atoms with Gasteiger partial charge in [0.2, 0.25) is 22.5 Å². The van der Waals surface area contributed by atoms with Crippen molar-refractivity contribution in [1.29, 1.82) is 0 Å². The van der Waals surface area contributed by atoms with Crippen LogP contribution in [0.1, 0.15) is 61.8 Å². The van der Waals surface area contributed by atoms with Crippen molar-refractivity contribution in [2.75, 3.05) is 43.7 Å². The standard InChI is InChI=1S/C26H40Cl2N8O7/c1-9-39-17(37)13-41-23-32-19(27)30-21(34-23)29-16(4)11-25(5,6)43-12-15(3)26(7,8)36-22-31-20(28)33-24(35-22)42-14-18(38)40-10-2/h15-16H,9-14H2,1-8H3,(H,29,30,32,34)(H,31,33,35,36). The predicted octanol–water partition coefficient (Wildman–Crippen LogP) is 3.76. The Hall–Kier alpha value is -3.30. The summed E-state index contributed by atoms with van der Waals surface area (Å²) < 4.78 is 26.5. The van der Waals surface area contributed by atoms with Crippen molar-refractivity contribution in [3.05, 3.63) is 10.6 Å². The first-order chi connectivity index (χ1) is 20.1. The van der Waals surface area contributed by atoms with Crippen molar-refractivity contribution in [1.82, 2.24) is 29.9 Å². The lowest BCUT2D eigenvalue weighted by atomic mass is 9.89. The van der Waals surface area contributed by atoms with Crippen LogP contribution in [-0.2, 0) is 23.8 Å². The highest BCUT2D eigenvalue weighted by molar-refractivity contribution is 6.28. The van der Waals surface area contributed by atoms with Gasteiger partial charge in [0, 0.05) is 17.5 Å². The molecule has 43 heavy (non-hydrogen) atoms. The molecule has 0 aliphatic heterocycles. The molecule has 0 aliphatic rings. The predicted molar refractivity (Wildman–Crippen MR) is 159 cm³/mol. The van der Waals surface area contributed by atoms with Gasteiger partial charge in [-0.25, -0.2) is 9.59 Å². The number of hydrogen-bond donors (Lipinski definition) is 2. The van der Waals surface area contributed by atoms with Crippen LogP contribution in [0.5, 0.6) is 12.0 Å². The van der Waals surface area contributed by atoms with Gasteiger partial charge in [0.15, 0.2) is 13.2 Å². The number of anilines is 2. The molecule has 0 saturated carbocycles. The van der Waals surface area contributed by atoms with Crippen LogP contribution in [0.3, 0.4) is 0 Å². The summed E-state index contributed by atoms with van der Waals surface area (Å²) in [5, 5.41) is 6.24. The maximum atomic E-state index is 11.6. The van der Waals surface area contributed by atoms with Gasteiger partial charge in [0.05, 0.1) is 25.4 Å². The van der Waals surface area contributed by atoms with Gasteiger partial charge in [-0.1, -0.05) is 6.92 Å². The molecule has 0 saturated heterocycles. The van der Waals surface area contributed by atoms with Crippen LogP contribution in [0.25, 0.3) is 0 Å². The van der Waals surface area contributed by atoms with Crippen LogP contribution in [0.4, 0.5) is 11.9 Å². The van der Waals surface area contributed by atoms with E-state index in [1.807, 2.05) is 41.5 Å². The number of aromatic nitrogens is 6. The SMILES string of the molecule is CCOC(=O)COc1nc(Cl)nc(NC(C)CC(C)(C)OCC(C)C(C)(C)Nc2nc(Cl)nc(OCC(=O)OCC)n2)n1. The van der Waals surface area contributed by atoms with E-state index in [-0.39, 0.29) is 72.9 Å². The van der Waals surface area contributed by atoms with E-state index in [1.165, 1.54) is 0 Å². The maximum Gasteiger partial charge on any atom is 0.344 e. The molecule has 15 nitrogen and oxygen atoms in total. The van der Waals surface area contributed by atoms with Crippen LogP contribution < -0.4 is 20.1 Å². The summed E-state index contributed by atoms with van der Waals surface area (Å²) >= 11 is 12.1. The third kappa shape index (κ3) is 13.3. The highest BCUT2D eigenvalue weighted by Crippen LogP contribution is 2.26. The summed E-state index contributed by atoms with van der Waals surface area (Å²) in [6.07, 6.45) is 0.583. The molecule has 2 unspecified atom stereocenters. The third-order valence-electron chi connectivity index (χ3n) is 5.99. The Kier molecular flexibility index (Phi) is 13.8. The second-order valence-electron chi connectivity index (χ2n) is 10.7. The minimum absolute atomic E-state index is 0.0177. The molecule has 0 fully saturated rings. The Labute approximate surface area is 261 Å². The zero-order valence-corrected chi connectivity index (χ0v) is 27.2. The average molecular weight is 648 g/mol. The Bertz CT molecular complexity index is 1220. The van der Waals surface area contributed by atoms with Gasteiger partial charge in [0.25, 0.3) is 0 Å². The molecular weight excluding hydrogens is 607 g/mol. The number of esters is 2.